The first-order chi connectivity index (χ1) is 7.72. The van der Waals surface area contributed by atoms with Gasteiger partial charge < -0.3 is 5.32 Å². The Morgan fingerprint density at radius 2 is 2.19 bits per heavy atom. The lowest BCUT2D eigenvalue weighted by atomic mass is 10.1. The summed E-state index contributed by atoms with van der Waals surface area (Å²) in [5.74, 6) is 0.753. The summed E-state index contributed by atoms with van der Waals surface area (Å²) in [6.45, 7) is 9.84. The summed E-state index contributed by atoms with van der Waals surface area (Å²) >= 11 is 0. The van der Waals surface area contributed by atoms with E-state index in [1.165, 1.54) is 18.4 Å². The first kappa shape index (κ1) is 13.2. The smallest absolute Gasteiger partial charge is 0.0521 e. The Balaban J connectivity index is 2.02. The molecule has 1 aromatic rings. The van der Waals surface area contributed by atoms with Crippen LogP contribution in [0.4, 0.5) is 0 Å². The molecular formula is C13H25N3. The summed E-state index contributed by atoms with van der Waals surface area (Å²) < 4.78 is 1.99. The van der Waals surface area contributed by atoms with E-state index < -0.39 is 0 Å². The minimum Gasteiger partial charge on any atom is -0.316 e. The highest BCUT2D eigenvalue weighted by Crippen LogP contribution is 2.03. The molecule has 0 atom stereocenters. The SMILES string of the molecule is CCn1cc(CCCCNCC(C)C)cn1. The molecule has 1 rings (SSSR count). The van der Waals surface area contributed by atoms with Crippen molar-refractivity contribution in [1.82, 2.24) is 15.1 Å². The molecule has 0 aliphatic carbocycles. The van der Waals surface area contributed by atoms with Crippen molar-refractivity contribution < 1.29 is 0 Å². The Hall–Kier alpha value is -0.830. The van der Waals surface area contributed by atoms with Crippen LogP contribution in [0.1, 0.15) is 39.2 Å². The van der Waals surface area contributed by atoms with Gasteiger partial charge in [-0.05, 0) is 50.8 Å². The highest BCUT2D eigenvalue weighted by Gasteiger charge is 1.97. The van der Waals surface area contributed by atoms with Crippen LogP contribution >= 0.6 is 0 Å². The van der Waals surface area contributed by atoms with Crippen LogP contribution in [0, 0.1) is 5.92 Å². The average molecular weight is 223 g/mol. The molecule has 1 aromatic heterocycles. The summed E-state index contributed by atoms with van der Waals surface area (Å²) in [7, 11) is 0. The average Bonchev–Trinajstić information content (AvgIpc) is 2.70. The third-order valence-electron chi connectivity index (χ3n) is 2.63. The lowest BCUT2D eigenvalue weighted by Crippen LogP contribution is -2.20. The first-order valence-electron chi connectivity index (χ1n) is 6.44. The molecule has 0 radical (unpaired) electrons. The highest BCUT2D eigenvalue weighted by atomic mass is 15.3. The summed E-state index contributed by atoms with van der Waals surface area (Å²) in [6, 6.07) is 0. The van der Waals surface area contributed by atoms with Gasteiger partial charge in [-0.1, -0.05) is 13.8 Å². The lowest BCUT2D eigenvalue weighted by Gasteiger charge is -2.06. The van der Waals surface area contributed by atoms with Crippen LogP contribution in [0.2, 0.25) is 0 Å². The van der Waals surface area contributed by atoms with E-state index >= 15 is 0 Å². The second kappa shape index (κ2) is 7.44. The quantitative estimate of drug-likeness (QED) is 0.686. The van der Waals surface area contributed by atoms with Crippen LogP contribution in [0.3, 0.4) is 0 Å². The molecule has 0 unspecified atom stereocenters. The number of nitrogens with one attached hydrogen (secondary N) is 1. The maximum absolute atomic E-state index is 4.27. The lowest BCUT2D eigenvalue weighted by molar-refractivity contribution is 0.535. The van der Waals surface area contributed by atoms with Crippen molar-refractivity contribution in [3.05, 3.63) is 18.0 Å². The topological polar surface area (TPSA) is 29.9 Å². The fourth-order valence-corrected chi connectivity index (χ4v) is 1.68. The van der Waals surface area contributed by atoms with Gasteiger partial charge in [0.15, 0.2) is 0 Å². The number of aromatic nitrogens is 2. The molecule has 16 heavy (non-hydrogen) atoms. The number of rotatable bonds is 8. The Labute approximate surface area is 99.2 Å². The molecule has 1 heterocycles. The first-order valence-corrected chi connectivity index (χ1v) is 6.44. The van der Waals surface area contributed by atoms with Gasteiger partial charge in [-0.2, -0.15) is 5.10 Å². The van der Waals surface area contributed by atoms with Crippen LogP contribution in [0.15, 0.2) is 12.4 Å². The minimum atomic E-state index is 0.753. The van der Waals surface area contributed by atoms with Crippen molar-refractivity contribution >= 4 is 0 Å². The second-order valence-electron chi connectivity index (χ2n) is 4.76. The molecule has 0 fully saturated rings. The van der Waals surface area contributed by atoms with Crippen molar-refractivity contribution in [2.24, 2.45) is 5.92 Å². The van der Waals surface area contributed by atoms with Crippen molar-refractivity contribution in [3.8, 4) is 0 Å². The number of hydrogen-bond donors (Lipinski definition) is 1. The summed E-state index contributed by atoms with van der Waals surface area (Å²) in [4.78, 5) is 0. The van der Waals surface area contributed by atoms with Gasteiger partial charge >= 0.3 is 0 Å². The van der Waals surface area contributed by atoms with E-state index in [0.717, 1.165) is 32.0 Å². The van der Waals surface area contributed by atoms with Gasteiger partial charge in [0.2, 0.25) is 0 Å². The minimum absolute atomic E-state index is 0.753. The molecule has 92 valence electrons. The standard InChI is InChI=1S/C13H25N3/c1-4-16-11-13(10-15-16)7-5-6-8-14-9-12(2)3/h10-12,14H,4-9H2,1-3H3. The zero-order valence-corrected chi connectivity index (χ0v) is 10.9. The molecule has 3 nitrogen and oxygen atoms in total. The van der Waals surface area contributed by atoms with Gasteiger partial charge in [0.25, 0.3) is 0 Å². The molecule has 0 aromatic carbocycles. The molecule has 0 spiro atoms. The number of hydrogen-bond acceptors (Lipinski definition) is 2. The van der Waals surface area contributed by atoms with Crippen LogP contribution in [0.25, 0.3) is 0 Å². The van der Waals surface area contributed by atoms with E-state index in [1.54, 1.807) is 0 Å². The number of nitrogens with zero attached hydrogens (tertiary/aromatic N) is 2. The highest BCUT2D eigenvalue weighted by molar-refractivity contribution is 5.03. The van der Waals surface area contributed by atoms with Gasteiger partial charge in [-0.15, -0.1) is 0 Å². The summed E-state index contributed by atoms with van der Waals surface area (Å²) in [5.41, 5.74) is 1.37. The predicted octanol–water partition coefficient (Wildman–Crippen LogP) is 2.47. The van der Waals surface area contributed by atoms with Crippen LogP contribution in [-0.4, -0.2) is 22.9 Å². The molecule has 0 saturated carbocycles. The predicted molar refractivity (Wildman–Crippen MR) is 68.5 cm³/mol. The molecule has 0 aliphatic rings. The van der Waals surface area contributed by atoms with Crippen LogP contribution in [-0.2, 0) is 13.0 Å². The van der Waals surface area contributed by atoms with Gasteiger partial charge in [0.1, 0.15) is 0 Å². The molecule has 0 aliphatic heterocycles. The monoisotopic (exact) mass is 223 g/mol. The maximum atomic E-state index is 4.27. The van der Waals surface area contributed by atoms with E-state index in [2.05, 4.69) is 37.4 Å². The summed E-state index contributed by atoms with van der Waals surface area (Å²) in [5, 5.41) is 7.74. The fourth-order valence-electron chi connectivity index (χ4n) is 1.68. The van der Waals surface area contributed by atoms with Gasteiger partial charge in [-0.25, -0.2) is 0 Å². The molecule has 1 N–H and O–H groups in total. The number of aryl methyl sites for hydroxylation is 2. The van der Waals surface area contributed by atoms with Gasteiger partial charge in [0.05, 0.1) is 6.20 Å². The Kier molecular flexibility index (Phi) is 6.16. The second-order valence-corrected chi connectivity index (χ2v) is 4.76. The molecule has 0 bridgehead atoms. The van der Waals surface area contributed by atoms with Crippen molar-refractivity contribution in [2.45, 2.75) is 46.6 Å². The van der Waals surface area contributed by atoms with Crippen molar-refractivity contribution in [3.63, 3.8) is 0 Å². The third-order valence-corrected chi connectivity index (χ3v) is 2.63. The molecule has 3 heteroatoms. The van der Waals surface area contributed by atoms with Crippen molar-refractivity contribution in [1.29, 1.82) is 0 Å². The molecule has 0 saturated heterocycles. The van der Waals surface area contributed by atoms with E-state index in [4.69, 9.17) is 0 Å². The van der Waals surface area contributed by atoms with Crippen LogP contribution < -0.4 is 5.32 Å². The third kappa shape index (κ3) is 5.31. The zero-order chi connectivity index (χ0) is 11.8. The normalized spacial score (nSPS) is 11.2. The van der Waals surface area contributed by atoms with E-state index in [0.29, 0.717) is 0 Å². The molecule has 0 amide bonds. The Morgan fingerprint density at radius 3 is 2.81 bits per heavy atom. The van der Waals surface area contributed by atoms with E-state index in [1.807, 2.05) is 10.9 Å². The van der Waals surface area contributed by atoms with Crippen LogP contribution in [0.5, 0.6) is 0 Å². The summed E-state index contributed by atoms with van der Waals surface area (Å²) in [6.07, 6.45) is 7.81. The zero-order valence-electron chi connectivity index (χ0n) is 10.9. The van der Waals surface area contributed by atoms with E-state index in [-0.39, 0.29) is 0 Å². The van der Waals surface area contributed by atoms with Gasteiger partial charge in [-0.3, -0.25) is 4.68 Å². The Morgan fingerprint density at radius 1 is 1.38 bits per heavy atom. The van der Waals surface area contributed by atoms with Gasteiger partial charge in [0, 0.05) is 12.7 Å². The largest absolute Gasteiger partial charge is 0.316 e. The fraction of sp³-hybridized carbons (Fsp3) is 0.769. The molecular weight excluding hydrogens is 198 g/mol. The maximum Gasteiger partial charge on any atom is 0.0521 e. The van der Waals surface area contributed by atoms with E-state index in [9.17, 15) is 0 Å². The Bertz CT molecular complexity index is 278. The van der Waals surface area contributed by atoms with Crippen molar-refractivity contribution in [2.75, 3.05) is 13.1 Å². The number of unbranched alkanes of at least 4 members (excludes halogenated alkanes) is 1.